The monoisotopic (exact) mass is 942 g/mol. The van der Waals surface area contributed by atoms with Crippen molar-refractivity contribution in [2.75, 3.05) is 0 Å². The van der Waals surface area contributed by atoms with E-state index in [2.05, 4.69) is 114 Å². The molecule has 0 aliphatic heterocycles. The first-order chi connectivity index (χ1) is 22.8. The Morgan fingerprint density at radius 2 is 0.843 bits per heavy atom. The molecule has 2 nitrogen and oxygen atoms in total. The molecule has 0 radical (unpaired) electrons. The van der Waals surface area contributed by atoms with Crippen LogP contribution < -0.4 is 26.5 Å². The third-order valence-electron chi connectivity index (χ3n) is 6.89. The molecule has 284 valence electrons. The maximum Gasteiger partial charge on any atom is 0.117 e. The Kier molecular flexibility index (Phi) is 26.3. The molecule has 3 unspecified atom stereocenters. The highest BCUT2D eigenvalue weighted by atomic mass is 35.9. The molecule has 4 aromatic carbocycles. The minimum Gasteiger partial charge on any atom is -0.308 e. The molecule has 0 saturated carbocycles. The molecule has 0 amide bonds. The quantitative estimate of drug-likeness (QED) is 0.168. The van der Waals surface area contributed by atoms with E-state index < -0.39 is 27.3 Å². The van der Waals surface area contributed by atoms with Crippen LogP contribution in [0.1, 0.15) is 63.8 Å². The molecule has 51 heavy (non-hydrogen) atoms. The van der Waals surface area contributed by atoms with Crippen LogP contribution in [0.3, 0.4) is 0 Å². The molecule has 0 bridgehead atoms. The molecule has 1 N–H and O–H groups in total. The highest BCUT2D eigenvalue weighted by Gasteiger charge is 2.31. The zero-order valence-electron chi connectivity index (χ0n) is 30.4. The van der Waals surface area contributed by atoms with Crippen LogP contribution >= 0.6 is 126 Å². The van der Waals surface area contributed by atoms with Crippen LogP contribution in [0.2, 0.25) is 0 Å². The van der Waals surface area contributed by atoms with E-state index in [0.29, 0.717) is 0 Å². The van der Waals surface area contributed by atoms with Gasteiger partial charge in [0.25, 0.3) is 0 Å². The molecule has 0 fully saturated rings. The number of benzene rings is 4. The molecule has 15 heteroatoms. The van der Waals surface area contributed by atoms with Gasteiger partial charge in [0.2, 0.25) is 0 Å². The van der Waals surface area contributed by atoms with Gasteiger partial charge in [-0.1, -0.05) is 187 Å². The lowest BCUT2D eigenvalue weighted by Crippen LogP contribution is -2.39. The van der Waals surface area contributed by atoms with Crippen LogP contribution in [0.5, 0.6) is 0 Å². The minimum absolute atomic E-state index is 0. The van der Waals surface area contributed by atoms with Crippen molar-refractivity contribution in [3.63, 3.8) is 0 Å². The zero-order chi connectivity index (χ0) is 36.9. The van der Waals surface area contributed by atoms with E-state index in [1.807, 2.05) is 48.5 Å². The highest BCUT2D eigenvalue weighted by Crippen LogP contribution is 2.53. The van der Waals surface area contributed by atoms with Crippen LogP contribution in [0.4, 0.5) is 0 Å². The Bertz CT molecular complexity index is 1520. The van der Waals surface area contributed by atoms with E-state index >= 15 is 0 Å². The Morgan fingerprint density at radius 1 is 0.510 bits per heavy atom. The van der Waals surface area contributed by atoms with Gasteiger partial charge < -0.3 is 5.32 Å². The van der Waals surface area contributed by atoms with Gasteiger partial charge in [0, 0.05) is 45.4 Å². The molecule has 0 aliphatic carbocycles. The van der Waals surface area contributed by atoms with Crippen molar-refractivity contribution in [3.8, 4) is 0 Å². The summed E-state index contributed by atoms with van der Waals surface area (Å²) in [5.41, 5.74) is 5.30. The molecule has 0 saturated heterocycles. The van der Waals surface area contributed by atoms with Crippen LogP contribution in [0, 0.1) is 13.8 Å². The summed E-state index contributed by atoms with van der Waals surface area (Å²) >= 11 is 42.5. The minimum atomic E-state index is -1.22. The van der Waals surface area contributed by atoms with Crippen LogP contribution in [-0.2, 0) is 13.1 Å². The fourth-order valence-electron chi connectivity index (χ4n) is 4.15. The van der Waals surface area contributed by atoms with E-state index in [-0.39, 0.29) is 30.9 Å². The Morgan fingerprint density at radius 3 is 1.18 bits per heavy atom. The third kappa shape index (κ3) is 19.9. The predicted octanol–water partition coefficient (Wildman–Crippen LogP) is 14.4. The van der Waals surface area contributed by atoms with Crippen LogP contribution in [0.25, 0.3) is 0 Å². The van der Waals surface area contributed by atoms with Crippen molar-refractivity contribution in [3.05, 3.63) is 119 Å². The molecule has 4 aromatic rings. The number of hydrogen-bond acceptors (Lipinski definition) is 2. The van der Waals surface area contributed by atoms with E-state index in [9.17, 15) is 0 Å². The number of aryl methyl sites for hydroxylation is 2. The second-order valence-corrected chi connectivity index (χ2v) is 26.2. The Labute approximate surface area is 353 Å². The predicted molar refractivity (Wildman–Crippen MR) is 257 cm³/mol. The van der Waals surface area contributed by atoms with E-state index in [4.69, 9.17) is 78.7 Å². The fraction of sp³-hybridized carbons (Fsp3) is 0.333. The summed E-state index contributed by atoms with van der Waals surface area (Å²) in [5, 5.41) is 7.17. The van der Waals surface area contributed by atoms with Crippen molar-refractivity contribution in [1.29, 1.82) is 0 Å². The van der Waals surface area contributed by atoms with Gasteiger partial charge in [-0.25, -0.2) is 0 Å². The Balaban J connectivity index is 0.000000788. The standard InChI is InChI=1S/C18H22Cl3NP2.C12H19N.C6H4Cl4P2.2H3P/c1-14-9-11-15(12-10-14)13-22(18(2,3)4)24(21)17-8-6-5-7-16(17)23(19)20;1-10-5-7-11(8-6-10)9-13-12(2,3)4;7-11(8)5-3-1-2-4-6(5)12(9)10;;/h5-12H,13H2,1-4H3;5-8,13H,9H2,1-4H3;1-4H;2*1H3. The summed E-state index contributed by atoms with van der Waals surface area (Å²) in [6.07, 6.45) is 0. The molecule has 4 rings (SSSR count). The molecular formula is C36H51Cl7N2P6. The van der Waals surface area contributed by atoms with Crippen LogP contribution in [-0.4, -0.2) is 15.7 Å². The summed E-state index contributed by atoms with van der Waals surface area (Å²) in [4.78, 5) is 0. The van der Waals surface area contributed by atoms with E-state index in [1.165, 1.54) is 22.3 Å². The van der Waals surface area contributed by atoms with Crippen molar-refractivity contribution in [1.82, 2.24) is 9.99 Å². The summed E-state index contributed by atoms with van der Waals surface area (Å²) in [7, 11) is -1.06. The van der Waals surface area contributed by atoms with Gasteiger partial charge in [-0.15, -0.1) is 0 Å². The number of hydrogen-bond donors (Lipinski definition) is 1. The smallest absolute Gasteiger partial charge is 0.117 e. The van der Waals surface area contributed by atoms with Crippen molar-refractivity contribution in [2.24, 2.45) is 0 Å². The van der Waals surface area contributed by atoms with Gasteiger partial charge in [0.05, 0.1) is 7.43 Å². The Hall–Kier alpha value is 1.41. The molecule has 0 aliphatic rings. The van der Waals surface area contributed by atoms with Crippen molar-refractivity contribution >= 4 is 147 Å². The lowest BCUT2D eigenvalue weighted by Gasteiger charge is -2.39. The van der Waals surface area contributed by atoms with Gasteiger partial charge in [-0.05, 0) is 66.5 Å². The van der Waals surface area contributed by atoms with Crippen molar-refractivity contribution in [2.45, 2.75) is 79.6 Å². The third-order valence-corrected chi connectivity index (χ3v) is 15.8. The molecule has 0 spiro atoms. The first-order valence-corrected chi connectivity index (χ1v) is 27.1. The number of nitrogens with one attached hydrogen (secondary N) is 1. The van der Waals surface area contributed by atoms with Gasteiger partial charge in [-0.3, -0.25) is 4.67 Å². The van der Waals surface area contributed by atoms with Crippen LogP contribution in [0.15, 0.2) is 97.1 Å². The summed E-state index contributed by atoms with van der Waals surface area (Å²) in [6, 6.07) is 32.7. The zero-order valence-corrected chi connectivity index (χ0v) is 42.1. The lowest BCUT2D eigenvalue weighted by molar-refractivity contribution is 0.261. The second-order valence-electron chi connectivity index (χ2n) is 13.2. The summed E-state index contributed by atoms with van der Waals surface area (Å²) < 4.78 is 2.33. The number of nitrogens with zero attached hydrogens (tertiary/aromatic N) is 1. The summed E-state index contributed by atoms with van der Waals surface area (Å²) in [6.45, 7) is 15.5. The molecule has 3 atom stereocenters. The molecule has 0 aromatic heterocycles. The largest absolute Gasteiger partial charge is 0.308 e. The normalized spacial score (nSPS) is 12.0. The SMILES string of the molecule is Cc1ccc(CN(P(Cl)c2ccccc2P(Cl)Cl)C(C)(C)C)cc1.Cc1ccc(CNC(C)(C)C)cc1.ClP(Cl)c1ccccc1P(Cl)Cl.P.P. The number of halogens is 7. The second kappa shape index (κ2) is 25.6. The number of rotatable bonds is 9. The van der Waals surface area contributed by atoms with Gasteiger partial charge >= 0.3 is 0 Å². The van der Waals surface area contributed by atoms with Gasteiger partial charge in [0.15, 0.2) is 0 Å². The first-order valence-electron chi connectivity index (χ1n) is 15.4. The van der Waals surface area contributed by atoms with E-state index in [1.54, 1.807) is 0 Å². The van der Waals surface area contributed by atoms with Crippen molar-refractivity contribution < 1.29 is 0 Å². The first kappa shape index (κ1) is 52.4. The topological polar surface area (TPSA) is 15.3 Å². The maximum atomic E-state index is 6.97. The fourth-order valence-corrected chi connectivity index (χ4v) is 13.4. The molecule has 0 heterocycles. The maximum absolute atomic E-state index is 6.97. The highest BCUT2D eigenvalue weighted by molar-refractivity contribution is 8.13. The molecular weight excluding hydrogens is 894 g/mol. The summed E-state index contributed by atoms with van der Waals surface area (Å²) in [5.74, 6) is 0. The average molecular weight is 946 g/mol. The van der Waals surface area contributed by atoms with Gasteiger partial charge in [0.1, 0.15) is 19.9 Å². The van der Waals surface area contributed by atoms with E-state index in [0.717, 1.165) is 34.3 Å². The van der Waals surface area contributed by atoms with Gasteiger partial charge in [-0.2, -0.15) is 19.8 Å². The lowest BCUT2D eigenvalue weighted by atomic mass is 10.1. The average Bonchev–Trinajstić information content (AvgIpc) is 3.03.